The van der Waals surface area contributed by atoms with Crippen molar-refractivity contribution in [3.8, 4) is 0 Å². The first-order valence-corrected chi connectivity index (χ1v) is 20.6. The molecule has 0 saturated heterocycles. The number of fused-ring (bicyclic) bond motifs is 2. The number of aryl methyl sites for hydroxylation is 1. The van der Waals surface area contributed by atoms with E-state index in [9.17, 15) is 21.4 Å². The molecule has 3 N–H and O–H groups in total. The number of benzene rings is 2. The number of halogens is 1. The lowest BCUT2D eigenvalue weighted by Crippen LogP contribution is -2.28. The summed E-state index contributed by atoms with van der Waals surface area (Å²) in [6.07, 6.45) is 14.1. The van der Waals surface area contributed by atoms with Gasteiger partial charge in [0.2, 0.25) is 5.69 Å². The van der Waals surface area contributed by atoms with Gasteiger partial charge in [0, 0.05) is 46.0 Å². The number of nitrogens with one attached hydrogen (secondary N) is 1. The van der Waals surface area contributed by atoms with Crippen molar-refractivity contribution in [3.05, 3.63) is 105 Å². The highest BCUT2D eigenvalue weighted by molar-refractivity contribution is 7.86. The normalized spacial score (nSPS) is 20.4. The molecule has 8 nitrogen and oxygen atoms in total. The zero-order valence-electron chi connectivity index (χ0n) is 28.8. The van der Waals surface area contributed by atoms with E-state index in [4.69, 9.17) is 16.2 Å². The van der Waals surface area contributed by atoms with Crippen molar-refractivity contribution < 1.29 is 30.5 Å². The molecule has 0 aromatic heterocycles. The molecule has 3 aliphatic rings. The summed E-state index contributed by atoms with van der Waals surface area (Å²) in [5.74, 6) is -0.471. The standard InChI is InChI=1S/C38H47ClN2O6S2/c1-37(2)30-17-5-6-19-32(30)41(24-8-10-26-49(45,46)47)34(37)23-21-29-16-11-15-28(36(29)39)20-22-33-38(3,4)35-27(14-12-18-31(35)40-33)13-7-9-25-48(42,43)44/h5-6,12,14,17-23H,7-11,13,15-16,24-26H2,1-4H3,(H2,42,43,44,45,46,47)/p+1. The number of unbranched alkanes of at least 4 members (excludes halogenated alkanes) is 2. The van der Waals surface area contributed by atoms with E-state index in [0.717, 1.165) is 64.6 Å². The van der Waals surface area contributed by atoms with Crippen molar-refractivity contribution in [2.45, 2.75) is 89.9 Å². The zero-order valence-corrected chi connectivity index (χ0v) is 31.2. The smallest absolute Gasteiger partial charge is 0.264 e. The van der Waals surface area contributed by atoms with Gasteiger partial charge in [-0.2, -0.15) is 21.4 Å². The van der Waals surface area contributed by atoms with Gasteiger partial charge in [-0.3, -0.25) is 9.11 Å². The van der Waals surface area contributed by atoms with Crippen LogP contribution < -0.4 is 5.32 Å². The van der Waals surface area contributed by atoms with Gasteiger partial charge in [-0.25, -0.2) is 0 Å². The monoisotopic (exact) mass is 727 g/mol. The molecule has 0 spiro atoms. The van der Waals surface area contributed by atoms with E-state index in [1.165, 1.54) is 16.7 Å². The van der Waals surface area contributed by atoms with Gasteiger partial charge in [-0.1, -0.05) is 67.9 Å². The van der Waals surface area contributed by atoms with Crippen LogP contribution in [0, 0.1) is 0 Å². The maximum Gasteiger partial charge on any atom is 0.264 e. The van der Waals surface area contributed by atoms with Crippen molar-refractivity contribution in [2.24, 2.45) is 0 Å². The molecular formula is C38H48ClN2O6S2+. The van der Waals surface area contributed by atoms with Gasteiger partial charge >= 0.3 is 0 Å². The van der Waals surface area contributed by atoms with Crippen LogP contribution in [-0.2, 0) is 37.5 Å². The van der Waals surface area contributed by atoms with E-state index in [1.54, 1.807) is 0 Å². The summed E-state index contributed by atoms with van der Waals surface area (Å²) in [4.78, 5) is 0. The Morgan fingerprint density at radius 1 is 0.837 bits per heavy atom. The summed E-state index contributed by atoms with van der Waals surface area (Å²) < 4.78 is 65.5. The van der Waals surface area contributed by atoms with E-state index in [0.29, 0.717) is 32.2 Å². The van der Waals surface area contributed by atoms with Crippen molar-refractivity contribution >= 4 is 48.9 Å². The SMILES string of the molecule is CC1(C)C(C=CC2=C(Cl)C(=CC=C3Nc4cccc(CCCCS(=O)(=O)O)c4C3(C)C)CCC2)=[N+](CCCCS(=O)(=O)O)c2ccccc21. The van der Waals surface area contributed by atoms with Crippen molar-refractivity contribution in [3.63, 3.8) is 0 Å². The van der Waals surface area contributed by atoms with Crippen LogP contribution in [0.4, 0.5) is 11.4 Å². The number of allylic oxidation sites excluding steroid dienone is 8. The Kier molecular flexibility index (Phi) is 11.2. The Hall–Kier alpha value is -3.02. The average Bonchev–Trinajstić information content (AvgIpc) is 3.41. The first-order chi connectivity index (χ1) is 23.0. The fourth-order valence-corrected chi connectivity index (χ4v) is 8.90. The molecular weight excluding hydrogens is 680 g/mol. The van der Waals surface area contributed by atoms with Gasteiger partial charge in [0.25, 0.3) is 20.2 Å². The van der Waals surface area contributed by atoms with Crippen LogP contribution >= 0.6 is 11.6 Å². The Labute approximate surface area is 296 Å². The van der Waals surface area contributed by atoms with Crippen LogP contribution in [0.15, 0.2) is 88.6 Å². The molecule has 0 unspecified atom stereocenters. The molecule has 49 heavy (non-hydrogen) atoms. The minimum atomic E-state index is -3.99. The molecule has 0 saturated carbocycles. The van der Waals surface area contributed by atoms with Crippen LogP contribution in [-0.4, -0.2) is 54.3 Å². The van der Waals surface area contributed by atoms with Crippen LogP contribution in [0.3, 0.4) is 0 Å². The minimum Gasteiger partial charge on any atom is -0.358 e. The largest absolute Gasteiger partial charge is 0.358 e. The van der Waals surface area contributed by atoms with Crippen LogP contribution in [0.5, 0.6) is 0 Å². The van der Waals surface area contributed by atoms with Gasteiger partial charge in [0.15, 0.2) is 5.71 Å². The third-order valence-corrected chi connectivity index (χ3v) is 12.1. The number of para-hydroxylation sites is 1. The Balaban J connectivity index is 1.38. The topological polar surface area (TPSA) is 124 Å². The minimum absolute atomic E-state index is 0.226. The second kappa shape index (κ2) is 14.7. The average molecular weight is 728 g/mol. The van der Waals surface area contributed by atoms with Gasteiger partial charge in [0.05, 0.1) is 16.9 Å². The number of rotatable bonds is 13. The molecule has 0 radical (unpaired) electrons. The Bertz CT molecular complexity index is 1990. The maximum absolute atomic E-state index is 11.3. The van der Waals surface area contributed by atoms with Crippen LogP contribution in [0.25, 0.3) is 0 Å². The molecule has 0 amide bonds. The fraction of sp³-hybridized carbons (Fsp3) is 0.447. The molecule has 2 aromatic rings. The molecule has 0 bridgehead atoms. The van der Waals surface area contributed by atoms with Gasteiger partial charge < -0.3 is 5.32 Å². The Morgan fingerprint density at radius 2 is 1.53 bits per heavy atom. The molecule has 0 atom stereocenters. The van der Waals surface area contributed by atoms with Crippen LogP contribution in [0.1, 0.15) is 89.3 Å². The van der Waals surface area contributed by atoms with Gasteiger partial charge in [0.1, 0.15) is 6.54 Å². The summed E-state index contributed by atoms with van der Waals surface area (Å²) in [6, 6.07) is 14.5. The number of anilines is 1. The predicted octanol–water partition coefficient (Wildman–Crippen LogP) is 8.39. The van der Waals surface area contributed by atoms with Crippen molar-refractivity contribution in [1.82, 2.24) is 0 Å². The number of nitrogens with zero attached hydrogens (tertiary/aromatic N) is 1. The molecule has 2 aliphatic heterocycles. The Morgan fingerprint density at radius 3 is 2.24 bits per heavy atom. The quantitative estimate of drug-likeness (QED) is 0.108. The summed E-state index contributed by atoms with van der Waals surface area (Å²) >= 11 is 7.10. The highest BCUT2D eigenvalue weighted by Crippen LogP contribution is 2.46. The maximum atomic E-state index is 11.3. The third-order valence-electron chi connectivity index (χ3n) is 10.00. The van der Waals surface area contributed by atoms with E-state index < -0.39 is 20.2 Å². The lowest BCUT2D eigenvalue weighted by atomic mass is 9.80. The molecule has 264 valence electrons. The zero-order chi connectivity index (χ0) is 35.6. The van der Waals surface area contributed by atoms with Crippen molar-refractivity contribution in [1.29, 1.82) is 0 Å². The van der Waals surface area contributed by atoms with E-state index in [2.05, 4.69) is 86.2 Å². The lowest BCUT2D eigenvalue weighted by molar-refractivity contribution is -0.438. The number of hydrogen-bond acceptors (Lipinski definition) is 5. The van der Waals surface area contributed by atoms with E-state index >= 15 is 0 Å². The molecule has 5 rings (SSSR count). The second-order valence-electron chi connectivity index (χ2n) is 14.3. The summed E-state index contributed by atoms with van der Waals surface area (Å²) in [5, 5.41) is 4.38. The van der Waals surface area contributed by atoms with Crippen molar-refractivity contribution in [2.75, 3.05) is 23.4 Å². The highest BCUT2D eigenvalue weighted by atomic mass is 35.5. The summed E-state index contributed by atoms with van der Waals surface area (Å²) in [5.41, 5.74) is 9.57. The molecule has 11 heteroatoms. The van der Waals surface area contributed by atoms with E-state index in [-0.39, 0.29) is 22.3 Å². The molecule has 2 heterocycles. The second-order valence-corrected chi connectivity index (χ2v) is 17.8. The highest BCUT2D eigenvalue weighted by Gasteiger charge is 2.44. The molecule has 0 fully saturated rings. The molecule has 2 aromatic carbocycles. The van der Waals surface area contributed by atoms with Crippen LogP contribution in [0.2, 0.25) is 0 Å². The first kappa shape index (κ1) is 37.2. The van der Waals surface area contributed by atoms with Gasteiger partial charge in [-0.05, 0) is 93.2 Å². The first-order valence-electron chi connectivity index (χ1n) is 17.0. The predicted molar refractivity (Wildman–Crippen MR) is 199 cm³/mol. The molecule has 1 aliphatic carbocycles. The summed E-state index contributed by atoms with van der Waals surface area (Å²) in [7, 11) is -7.95. The summed E-state index contributed by atoms with van der Waals surface area (Å²) in [6.45, 7) is 9.43. The number of hydrogen-bond donors (Lipinski definition) is 3. The third kappa shape index (κ3) is 8.66. The fourth-order valence-electron chi connectivity index (χ4n) is 7.44. The van der Waals surface area contributed by atoms with E-state index in [1.807, 2.05) is 18.2 Å². The van der Waals surface area contributed by atoms with Gasteiger partial charge in [-0.15, -0.1) is 0 Å². The lowest BCUT2D eigenvalue weighted by Gasteiger charge is -2.23.